The quantitative estimate of drug-likeness (QED) is 0.515. The number of aliphatic hydroxyl groups excluding tert-OH is 1. The van der Waals surface area contributed by atoms with Crippen LogP contribution in [0.25, 0.3) is 0 Å². The molecule has 4 nitrogen and oxygen atoms in total. The second kappa shape index (κ2) is 4.88. The number of carbonyl (C=O) groups is 1. The Hall–Kier alpha value is -1.01. The molecule has 0 saturated heterocycles. The van der Waals surface area contributed by atoms with Gasteiger partial charge in [0.15, 0.2) is 0 Å². The third-order valence-corrected chi connectivity index (χ3v) is 1.38. The van der Waals surface area contributed by atoms with Gasteiger partial charge in [0.2, 0.25) is 0 Å². The molecule has 76 valence electrons. The second-order valence-electron chi connectivity index (χ2n) is 2.42. The number of nitrogens with one attached hydrogen (secondary N) is 1. The topological polar surface area (TPSA) is 69.6 Å². The number of rotatable bonds is 6. The molecule has 0 amide bonds. The summed E-state index contributed by atoms with van der Waals surface area (Å²) in [4.78, 5) is 9.93. The lowest BCUT2D eigenvalue weighted by Crippen LogP contribution is -2.44. The summed E-state index contributed by atoms with van der Waals surface area (Å²) in [5.41, 5.74) is 0. The molecule has 0 rings (SSSR count). The fourth-order valence-corrected chi connectivity index (χ4v) is 0.557. The summed E-state index contributed by atoms with van der Waals surface area (Å²) in [6.07, 6.45) is 1.22. The number of alkyl halides is 2. The summed E-state index contributed by atoms with van der Waals surface area (Å²) in [6.45, 7) is 1.83. The van der Waals surface area contributed by atoms with Crippen molar-refractivity contribution in [2.75, 3.05) is 13.2 Å². The highest BCUT2D eigenvalue weighted by molar-refractivity contribution is 5.75. The summed E-state index contributed by atoms with van der Waals surface area (Å²) < 4.78 is 24.8. The lowest BCUT2D eigenvalue weighted by molar-refractivity contribution is -0.164. The van der Waals surface area contributed by atoms with Crippen LogP contribution in [0.3, 0.4) is 0 Å². The van der Waals surface area contributed by atoms with E-state index in [4.69, 9.17) is 10.2 Å². The molecule has 0 aromatic heterocycles. The van der Waals surface area contributed by atoms with Crippen molar-refractivity contribution in [1.82, 2.24) is 5.32 Å². The van der Waals surface area contributed by atoms with Crippen molar-refractivity contribution in [3.05, 3.63) is 12.7 Å². The van der Waals surface area contributed by atoms with Crippen molar-refractivity contribution >= 4 is 5.97 Å². The predicted molar refractivity (Wildman–Crippen MR) is 41.7 cm³/mol. The maximum absolute atomic E-state index is 12.4. The van der Waals surface area contributed by atoms with Gasteiger partial charge in [0.05, 0.1) is 13.2 Å². The fourth-order valence-electron chi connectivity index (χ4n) is 0.557. The Morgan fingerprint density at radius 1 is 1.69 bits per heavy atom. The van der Waals surface area contributed by atoms with Crippen LogP contribution in [-0.2, 0) is 4.79 Å². The van der Waals surface area contributed by atoms with Crippen molar-refractivity contribution in [1.29, 1.82) is 0 Å². The van der Waals surface area contributed by atoms with Crippen LogP contribution in [0.4, 0.5) is 8.78 Å². The number of hydrogen-bond acceptors (Lipinski definition) is 3. The Balaban J connectivity index is 3.99. The van der Waals surface area contributed by atoms with Crippen LogP contribution in [0.2, 0.25) is 0 Å². The molecule has 6 heteroatoms. The van der Waals surface area contributed by atoms with Crippen LogP contribution >= 0.6 is 0 Å². The molecular formula is C7H11F2NO3. The zero-order valence-electron chi connectivity index (χ0n) is 6.83. The van der Waals surface area contributed by atoms with E-state index in [2.05, 4.69) is 11.9 Å². The number of carboxylic acids is 1. The predicted octanol–water partition coefficient (Wildman–Crippen LogP) is -0.157. The number of aliphatic hydroxyl groups is 1. The van der Waals surface area contributed by atoms with Gasteiger partial charge < -0.3 is 15.5 Å². The number of halogens is 2. The van der Waals surface area contributed by atoms with Gasteiger partial charge in [-0.3, -0.25) is 0 Å². The highest BCUT2D eigenvalue weighted by atomic mass is 19.3. The SMILES string of the molecule is C=CC(CO)NCC(F)(F)C(=O)O. The molecule has 0 spiro atoms. The van der Waals surface area contributed by atoms with E-state index in [-0.39, 0.29) is 0 Å². The molecule has 0 aromatic carbocycles. The van der Waals surface area contributed by atoms with E-state index in [9.17, 15) is 13.6 Å². The standard InChI is InChI=1S/C7H11F2NO3/c1-2-5(3-11)10-4-7(8,9)6(12)13/h2,5,10-11H,1,3-4H2,(H,12,13). The molecule has 0 bridgehead atoms. The molecule has 13 heavy (non-hydrogen) atoms. The van der Waals surface area contributed by atoms with Gasteiger partial charge in [0, 0.05) is 6.04 Å². The van der Waals surface area contributed by atoms with E-state index in [1.807, 2.05) is 0 Å². The Kier molecular flexibility index (Phi) is 4.50. The van der Waals surface area contributed by atoms with Crippen molar-refractivity contribution < 1.29 is 23.8 Å². The first-order valence-corrected chi connectivity index (χ1v) is 3.52. The zero-order chi connectivity index (χ0) is 10.5. The summed E-state index contributed by atoms with van der Waals surface area (Å²) in [5.74, 6) is -6.02. The first-order chi connectivity index (χ1) is 5.94. The van der Waals surface area contributed by atoms with Crippen molar-refractivity contribution in [3.63, 3.8) is 0 Å². The average molecular weight is 195 g/mol. The summed E-state index contributed by atoms with van der Waals surface area (Å²) in [6, 6.07) is -0.717. The molecule has 1 unspecified atom stereocenters. The molecule has 0 heterocycles. The van der Waals surface area contributed by atoms with Crippen molar-refractivity contribution in [2.24, 2.45) is 0 Å². The van der Waals surface area contributed by atoms with Crippen LogP contribution in [0.5, 0.6) is 0 Å². The molecule has 0 saturated carbocycles. The number of hydrogen-bond donors (Lipinski definition) is 3. The zero-order valence-corrected chi connectivity index (χ0v) is 6.83. The van der Waals surface area contributed by atoms with Crippen molar-refractivity contribution in [2.45, 2.75) is 12.0 Å². The number of aliphatic carboxylic acids is 1. The van der Waals surface area contributed by atoms with E-state index in [0.717, 1.165) is 0 Å². The van der Waals surface area contributed by atoms with Gasteiger partial charge in [-0.25, -0.2) is 4.79 Å². The smallest absolute Gasteiger partial charge is 0.375 e. The Morgan fingerprint density at radius 3 is 2.54 bits per heavy atom. The summed E-state index contributed by atoms with van der Waals surface area (Å²) in [7, 11) is 0. The lowest BCUT2D eigenvalue weighted by Gasteiger charge is -2.15. The fraction of sp³-hybridized carbons (Fsp3) is 0.571. The van der Waals surface area contributed by atoms with Gasteiger partial charge in [0.25, 0.3) is 0 Å². The summed E-state index contributed by atoms with van der Waals surface area (Å²) in [5, 5.41) is 18.7. The van der Waals surface area contributed by atoms with Crippen LogP contribution in [0.1, 0.15) is 0 Å². The molecule has 0 aliphatic carbocycles. The first-order valence-electron chi connectivity index (χ1n) is 3.52. The Labute approximate surface area is 73.9 Å². The summed E-state index contributed by atoms with van der Waals surface area (Å²) >= 11 is 0. The van der Waals surface area contributed by atoms with E-state index in [1.54, 1.807) is 0 Å². The Morgan fingerprint density at radius 2 is 2.23 bits per heavy atom. The minimum atomic E-state index is -3.82. The first kappa shape index (κ1) is 12.0. The largest absolute Gasteiger partial charge is 0.477 e. The third kappa shape index (κ3) is 3.95. The van der Waals surface area contributed by atoms with Gasteiger partial charge in [-0.15, -0.1) is 6.58 Å². The molecule has 0 aliphatic rings. The van der Waals surface area contributed by atoms with Gasteiger partial charge in [-0.2, -0.15) is 8.78 Å². The normalized spacial score (nSPS) is 13.8. The van der Waals surface area contributed by atoms with E-state index < -0.39 is 31.1 Å². The van der Waals surface area contributed by atoms with Crippen molar-refractivity contribution in [3.8, 4) is 0 Å². The number of carboxylic acid groups (broad SMARTS) is 1. The maximum atomic E-state index is 12.4. The second-order valence-corrected chi connectivity index (χ2v) is 2.42. The minimum absolute atomic E-state index is 0.404. The van der Waals surface area contributed by atoms with Crippen LogP contribution in [-0.4, -0.2) is 41.3 Å². The van der Waals surface area contributed by atoms with Crippen LogP contribution in [0.15, 0.2) is 12.7 Å². The lowest BCUT2D eigenvalue weighted by atomic mass is 10.2. The Bertz CT molecular complexity index is 196. The van der Waals surface area contributed by atoms with Gasteiger partial charge in [-0.1, -0.05) is 6.08 Å². The maximum Gasteiger partial charge on any atom is 0.375 e. The molecule has 0 radical (unpaired) electrons. The van der Waals surface area contributed by atoms with E-state index in [0.29, 0.717) is 0 Å². The van der Waals surface area contributed by atoms with Gasteiger partial charge in [0.1, 0.15) is 0 Å². The molecule has 3 N–H and O–H groups in total. The highest BCUT2D eigenvalue weighted by Crippen LogP contribution is 2.11. The molecule has 0 aromatic rings. The van der Waals surface area contributed by atoms with Crippen LogP contribution in [0, 0.1) is 0 Å². The molecule has 0 fully saturated rings. The van der Waals surface area contributed by atoms with Crippen LogP contribution < -0.4 is 5.32 Å². The minimum Gasteiger partial charge on any atom is -0.477 e. The van der Waals surface area contributed by atoms with Gasteiger partial charge >= 0.3 is 11.9 Å². The molecule has 1 atom stereocenters. The van der Waals surface area contributed by atoms with Gasteiger partial charge in [-0.05, 0) is 0 Å². The average Bonchev–Trinajstić information content (AvgIpc) is 2.06. The molecule has 0 aliphatic heterocycles. The third-order valence-electron chi connectivity index (χ3n) is 1.38. The monoisotopic (exact) mass is 195 g/mol. The van der Waals surface area contributed by atoms with E-state index in [1.165, 1.54) is 6.08 Å². The highest BCUT2D eigenvalue weighted by Gasteiger charge is 2.38. The molecular weight excluding hydrogens is 184 g/mol. The van der Waals surface area contributed by atoms with E-state index >= 15 is 0 Å².